The molecular formula is C15H19NO3. The van der Waals surface area contributed by atoms with Gasteiger partial charge in [-0.25, -0.2) is 0 Å². The van der Waals surface area contributed by atoms with E-state index in [1.165, 1.54) is 0 Å². The van der Waals surface area contributed by atoms with Gasteiger partial charge in [-0.1, -0.05) is 25.1 Å². The van der Waals surface area contributed by atoms with Gasteiger partial charge in [0.15, 0.2) is 0 Å². The molecule has 2 rings (SSSR count). The number of amides is 1. The zero-order valence-corrected chi connectivity index (χ0v) is 11.3. The highest BCUT2D eigenvalue weighted by Gasteiger charge is 2.33. The van der Waals surface area contributed by atoms with Gasteiger partial charge in [0, 0.05) is 18.7 Å². The Morgan fingerprint density at radius 2 is 2.00 bits per heavy atom. The second-order valence-corrected chi connectivity index (χ2v) is 5.28. The molecule has 1 aromatic rings. The van der Waals surface area contributed by atoms with Crippen molar-refractivity contribution in [3.63, 3.8) is 0 Å². The topological polar surface area (TPSA) is 57.6 Å². The van der Waals surface area contributed by atoms with Crippen molar-refractivity contribution >= 4 is 11.9 Å². The number of carbonyl (C=O) groups excluding carboxylic acids is 1. The summed E-state index contributed by atoms with van der Waals surface area (Å²) < 4.78 is 0. The lowest BCUT2D eigenvalue weighted by Gasteiger charge is -2.35. The summed E-state index contributed by atoms with van der Waals surface area (Å²) >= 11 is 0. The van der Waals surface area contributed by atoms with Gasteiger partial charge in [0.2, 0.25) is 0 Å². The average Bonchev–Trinajstić information content (AvgIpc) is 2.38. The van der Waals surface area contributed by atoms with Crippen LogP contribution in [0.4, 0.5) is 0 Å². The van der Waals surface area contributed by atoms with E-state index in [-0.39, 0.29) is 17.7 Å². The number of carboxylic acids is 1. The number of aliphatic carboxylic acids is 1. The second-order valence-electron chi connectivity index (χ2n) is 5.28. The Morgan fingerprint density at radius 1 is 1.32 bits per heavy atom. The van der Waals surface area contributed by atoms with Crippen molar-refractivity contribution in [1.29, 1.82) is 0 Å². The molecule has 0 radical (unpaired) electrons. The fourth-order valence-electron chi connectivity index (χ4n) is 2.68. The molecule has 1 saturated heterocycles. The molecule has 0 saturated carbocycles. The number of carbonyl (C=O) groups is 2. The van der Waals surface area contributed by atoms with Crippen LogP contribution < -0.4 is 0 Å². The Bertz CT molecular complexity index is 498. The fourth-order valence-corrected chi connectivity index (χ4v) is 2.68. The zero-order chi connectivity index (χ0) is 14.0. The van der Waals surface area contributed by atoms with Crippen molar-refractivity contribution in [3.05, 3.63) is 35.4 Å². The third kappa shape index (κ3) is 2.78. The molecule has 0 aliphatic carbocycles. The molecule has 1 fully saturated rings. The van der Waals surface area contributed by atoms with E-state index in [2.05, 4.69) is 0 Å². The van der Waals surface area contributed by atoms with Crippen LogP contribution in [0, 0.1) is 18.8 Å². The number of rotatable bonds is 2. The first kappa shape index (κ1) is 13.6. The van der Waals surface area contributed by atoms with E-state index in [1.54, 1.807) is 4.90 Å². The van der Waals surface area contributed by atoms with Crippen molar-refractivity contribution in [2.45, 2.75) is 20.3 Å². The van der Waals surface area contributed by atoms with Crippen LogP contribution in [0.2, 0.25) is 0 Å². The summed E-state index contributed by atoms with van der Waals surface area (Å²) in [6, 6.07) is 7.51. The third-order valence-electron chi connectivity index (χ3n) is 3.89. The minimum Gasteiger partial charge on any atom is -0.481 e. The Labute approximate surface area is 113 Å². The van der Waals surface area contributed by atoms with Crippen molar-refractivity contribution in [2.75, 3.05) is 13.1 Å². The number of piperidine rings is 1. The Morgan fingerprint density at radius 3 is 2.58 bits per heavy atom. The van der Waals surface area contributed by atoms with Crippen molar-refractivity contribution in [1.82, 2.24) is 4.90 Å². The summed E-state index contributed by atoms with van der Waals surface area (Å²) in [6.07, 6.45) is 0.536. The van der Waals surface area contributed by atoms with Gasteiger partial charge in [-0.3, -0.25) is 9.59 Å². The van der Waals surface area contributed by atoms with Crippen LogP contribution in [0.15, 0.2) is 24.3 Å². The molecule has 19 heavy (non-hydrogen) atoms. The summed E-state index contributed by atoms with van der Waals surface area (Å²) in [5.74, 6) is -1.08. The normalized spacial score (nSPS) is 23.2. The van der Waals surface area contributed by atoms with Gasteiger partial charge in [-0.15, -0.1) is 0 Å². The summed E-state index contributed by atoms with van der Waals surface area (Å²) in [5, 5.41) is 9.09. The maximum atomic E-state index is 12.4. The van der Waals surface area contributed by atoms with Gasteiger partial charge in [0.25, 0.3) is 5.91 Å². The van der Waals surface area contributed by atoms with Crippen LogP contribution in [0.1, 0.15) is 29.3 Å². The quantitative estimate of drug-likeness (QED) is 0.887. The molecule has 1 aliphatic heterocycles. The summed E-state index contributed by atoms with van der Waals surface area (Å²) in [7, 11) is 0. The van der Waals surface area contributed by atoms with Crippen LogP contribution in [0.3, 0.4) is 0 Å². The third-order valence-corrected chi connectivity index (χ3v) is 3.89. The monoisotopic (exact) mass is 261 g/mol. The van der Waals surface area contributed by atoms with Crippen LogP contribution >= 0.6 is 0 Å². The molecule has 4 heteroatoms. The summed E-state index contributed by atoms with van der Waals surface area (Å²) in [5.41, 5.74) is 1.67. The summed E-state index contributed by atoms with van der Waals surface area (Å²) in [4.78, 5) is 25.3. The van der Waals surface area contributed by atoms with Crippen LogP contribution in [0.25, 0.3) is 0 Å². The molecule has 0 bridgehead atoms. The van der Waals surface area contributed by atoms with Crippen LogP contribution in [-0.2, 0) is 4.79 Å². The Kier molecular flexibility index (Phi) is 3.88. The summed E-state index contributed by atoms with van der Waals surface area (Å²) in [6.45, 7) is 4.86. The minimum absolute atomic E-state index is 0.000724. The highest BCUT2D eigenvalue weighted by molar-refractivity contribution is 5.95. The predicted octanol–water partition coefficient (Wildman–Crippen LogP) is 2.18. The number of aryl methyl sites for hydroxylation is 1. The first-order valence-electron chi connectivity index (χ1n) is 6.58. The standard InChI is InChI=1S/C15H19NO3/c1-10-5-3-4-6-12(10)14(17)16-8-7-13(15(18)19)11(2)9-16/h3-6,11,13H,7-9H2,1-2H3,(H,18,19). The molecule has 4 nitrogen and oxygen atoms in total. The SMILES string of the molecule is Cc1ccccc1C(=O)N1CCC(C(=O)O)C(C)C1. The number of benzene rings is 1. The molecule has 0 spiro atoms. The van der Waals surface area contributed by atoms with E-state index < -0.39 is 5.97 Å². The Hall–Kier alpha value is -1.84. The van der Waals surface area contributed by atoms with Crippen molar-refractivity contribution < 1.29 is 14.7 Å². The molecule has 1 amide bonds. The number of likely N-dealkylation sites (tertiary alicyclic amines) is 1. The van der Waals surface area contributed by atoms with Crippen molar-refractivity contribution in [2.24, 2.45) is 11.8 Å². The molecule has 0 aromatic heterocycles. The van der Waals surface area contributed by atoms with Crippen LogP contribution in [-0.4, -0.2) is 35.0 Å². The molecule has 1 aromatic carbocycles. The average molecular weight is 261 g/mol. The lowest BCUT2D eigenvalue weighted by Crippen LogP contribution is -2.45. The highest BCUT2D eigenvalue weighted by atomic mass is 16.4. The smallest absolute Gasteiger partial charge is 0.306 e. The Balaban J connectivity index is 2.11. The van der Waals surface area contributed by atoms with E-state index in [4.69, 9.17) is 5.11 Å². The molecule has 1 heterocycles. The number of hydrogen-bond acceptors (Lipinski definition) is 2. The van der Waals surface area contributed by atoms with Gasteiger partial charge in [-0.2, -0.15) is 0 Å². The number of hydrogen-bond donors (Lipinski definition) is 1. The van der Waals surface area contributed by atoms with E-state index in [9.17, 15) is 9.59 Å². The van der Waals surface area contributed by atoms with Crippen molar-refractivity contribution in [3.8, 4) is 0 Å². The maximum Gasteiger partial charge on any atom is 0.306 e. The number of nitrogens with zero attached hydrogens (tertiary/aromatic N) is 1. The lowest BCUT2D eigenvalue weighted by molar-refractivity contribution is -0.145. The van der Waals surface area contributed by atoms with Gasteiger partial charge < -0.3 is 10.0 Å². The van der Waals surface area contributed by atoms with Gasteiger partial charge in [-0.05, 0) is 30.9 Å². The van der Waals surface area contributed by atoms with E-state index in [0.717, 1.165) is 5.56 Å². The fraction of sp³-hybridized carbons (Fsp3) is 0.467. The molecule has 2 unspecified atom stereocenters. The number of carboxylic acid groups (broad SMARTS) is 1. The van der Waals surface area contributed by atoms with E-state index >= 15 is 0 Å². The highest BCUT2D eigenvalue weighted by Crippen LogP contribution is 2.25. The van der Waals surface area contributed by atoms with Gasteiger partial charge in [0.05, 0.1) is 5.92 Å². The molecule has 102 valence electrons. The zero-order valence-electron chi connectivity index (χ0n) is 11.3. The lowest BCUT2D eigenvalue weighted by atomic mass is 9.86. The molecule has 1 aliphatic rings. The van der Waals surface area contributed by atoms with E-state index in [1.807, 2.05) is 38.1 Å². The second kappa shape index (κ2) is 5.43. The predicted molar refractivity (Wildman–Crippen MR) is 72.0 cm³/mol. The van der Waals surface area contributed by atoms with Gasteiger partial charge in [0.1, 0.15) is 0 Å². The largest absolute Gasteiger partial charge is 0.481 e. The molecule has 1 N–H and O–H groups in total. The molecule has 2 atom stereocenters. The molecular weight excluding hydrogens is 242 g/mol. The van der Waals surface area contributed by atoms with Crippen LogP contribution in [0.5, 0.6) is 0 Å². The van der Waals surface area contributed by atoms with E-state index in [0.29, 0.717) is 25.1 Å². The van der Waals surface area contributed by atoms with Gasteiger partial charge >= 0.3 is 5.97 Å². The first-order chi connectivity index (χ1) is 9.00. The maximum absolute atomic E-state index is 12.4. The minimum atomic E-state index is -0.754. The first-order valence-corrected chi connectivity index (χ1v) is 6.58.